The fourth-order valence-electron chi connectivity index (χ4n) is 1.88. The monoisotopic (exact) mass is 328 g/mol. The van der Waals surface area contributed by atoms with E-state index in [2.05, 4.69) is 5.43 Å². The lowest BCUT2D eigenvalue weighted by Gasteiger charge is -2.17. The number of hydrazine groups is 1. The maximum absolute atomic E-state index is 13.7. The Morgan fingerprint density at radius 3 is 2.62 bits per heavy atom. The molecule has 0 spiro atoms. The molecule has 3 N–H and O–H groups in total. The molecule has 1 atom stereocenters. The van der Waals surface area contributed by atoms with E-state index in [0.29, 0.717) is 27.8 Å². The highest BCUT2D eigenvalue weighted by Gasteiger charge is 2.12. The van der Waals surface area contributed by atoms with Crippen LogP contribution in [-0.2, 0) is 6.42 Å². The first-order valence-electron chi connectivity index (χ1n) is 6.37. The third kappa shape index (κ3) is 4.86. The van der Waals surface area contributed by atoms with E-state index in [1.54, 1.807) is 30.3 Å². The van der Waals surface area contributed by atoms with Crippen LogP contribution >= 0.6 is 23.2 Å². The van der Waals surface area contributed by atoms with Gasteiger partial charge in [0.05, 0.1) is 6.04 Å². The Kier molecular flexibility index (Phi) is 5.82. The normalized spacial score (nSPS) is 12.2. The molecule has 0 aliphatic rings. The van der Waals surface area contributed by atoms with Gasteiger partial charge in [0.15, 0.2) is 0 Å². The molecular weight excluding hydrogens is 314 g/mol. The number of ether oxygens (including phenoxy) is 1. The second kappa shape index (κ2) is 7.61. The number of hydrogen-bond donors (Lipinski definition) is 2. The fourth-order valence-corrected chi connectivity index (χ4v) is 2.26. The summed E-state index contributed by atoms with van der Waals surface area (Å²) >= 11 is 11.7. The van der Waals surface area contributed by atoms with Gasteiger partial charge in [-0.15, -0.1) is 0 Å². The Morgan fingerprint density at radius 1 is 1.14 bits per heavy atom. The molecule has 6 heteroatoms. The van der Waals surface area contributed by atoms with E-state index in [1.165, 1.54) is 12.1 Å². The van der Waals surface area contributed by atoms with Gasteiger partial charge in [-0.25, -0.2) is 4.39 Å². The summed E-state index contributed by atoms with van der Waals surface area (Å²) in [6.45, 7) is 0.281. The van der Waals surface area contributed by atoms with Gasteiger partial charge in [-0.05, 0) is 48.4 Å². The molecule has 21 heavy (non-hydrogen) atoms. The third-order valence-electron chi connectivity index (χ3n) is 2.96. The average Bonchev–Trinajstić information content (AvgIpc) is 2.47. The molecule has 0 aliphatic heterocycles. The number of rotatable bonds is 6. The molecule has 0 saturated heterocycles. The van der Waals surface area contributed by atoms with Crippen molar-refractivity contribution in [3.63, 3.8) is 0 Å². The minimum Gasteiger partial charge on any atom is -0.492 e. The van der Waals surface area contributed by atoms with Crippen LogP contribution in [-0.4, -0.2) is 12.6 Å². The zero-order valence-electron chi connectivity index (χ0n) is 11.2. The zero-order chi connectivity index (χ0) is 15.2. The molecule has 3 nitrogen and oxygen atoms in total. The van der Waals surface area contributed by atoms with Gasteiger partial charge in [-0.2, -0.15) is 0 Å². The van der Waals surface area contributed by atoms with Gasteiger partial charge in [-0.1, -0.05) is 29.3 Å². The highest BCUT2D eigenvalue weighted by Crippen LogP contribution is 2.19. The van der Waals surface area contributed by atoms with Gasteiger partial charge in [-0.3, -0.25) is 11.3 Å². The Hall–Kier alpha value is -1.33. The maximum atomic E-state index is 13.7. The number of halogens is 3. The van der Waals surface area contributed by atoms with Gasteiger partial charge in [0, 0.05) is 10.0 Å². The van der Waals surface area contributed by atoms with Crippen LogP contribution < -0.4 is 16.0 Å². The van der Waals surface area contributed by atoms with Crippen molar-refractivity contribution in [3.8, 4) is 5.75 Å². The lowest BCUT2D eigenvalue weighted by molar-refractivity contribution is 0.263. The molecule has 0 saturated carbocycles. The summed E-state index contributed by atoms with van der Waals surface area (Å²) in [5, 5.41) is 1.07. The quantitative estimate of drug-likeness (QED) is 0.629. The highest BCUT2D eigenvalue weighted by atomic mass is 35.5. The van der Waals surface area contributed by atoms with Crippen LogP contribution in [0.3, 0.4) is 0 Å². The first-order chi connectivity index (χ1) is 10.1. The van der Waals surface area contributed by atoms with E-state index < -0.39 is 0 Å². The molecule has 2 aromatic rings. The summed E-state index contributed by atoms with van der Waals surface area (Å²) < 4.78 is 19.3. The van der Waals surface area contributed by atoms with Crippen LogP contribution in [0, 0.1) is 5.82 Å². The van der Waals surface area contributed by atoms with Crippen molar-refractivity contribution >= 4 is 23.2 Å². The molecule has 2 aromatic carbocycles. The molecule has 1 unspecified atom stereocenters. The number of nitrogens with one attached hydrogen (secondary N) is 1. The van der Waals surface area contributed by atoms with E-state index in [1.807, 2.05) is 0 Å². The van der Waals surface area contributed by atoms with Crippen molar-refractivity contribution in [3.05, 3.63) is 63.9 Å². The van der Waals surface area contributed by atoms with Crippen molar-refractivity contribution in [2.75, 3.05) is 6.61 Å². The van der Waals surface area contributed by atoms with Crippen LogP contribution in [0.2, 0.25) is 10.0 Å². The summed E-state index contributed by atoms with van der Waals surface area (Å²) in [4.78, 5) is 0. The average molecular weight is 329 g/mol. The summed E-state index contributed by atoms with van der Waals surface area (Å²) in [6, 6.07) is 11.2. The van der Waals surface area contributed by atoms with Crippen molar-refractivity contribution in [1.29, 1.82) is 0 Å². The summed E-state index contributed by atoms with van der Waals surface area (Å²) in [5.41, 5.74) is 3.10. The molecule has 0 radical (unpaired) electrons. The van der Waals surface area contributed by atoms with Gasteiger partial charge in [0.2, 0.25) is 0 Å². The predicted octanol–water partition coefficient (Wildman–Crippen LogP) is 3.59. The van der Waals surface area contributed by atoms with Crippen LogP contribution in [0.5, 0.6) is 5.75 Å². The van der Waals surface area contributed by atoms with Crippen LogP contribution in [0.1, 0.15) is 5.56 Å². The van der Waals surface area contributed by atoms with Crippen LogP contribution in [0.25, 0.3) is 0 Å². The third-order valence-corrected chi connectivity index (χ3v) is 3.43. The molecule has 0 amide bonds. The minimum absolute atomic E-state index is 0.253. The smallest absolute Gasteiger partial charge is 0.126 e. The number of hydrogen-bond acceptors (Lipinski definition) is 3. The van der Waals surface area contributed by atoms with Gasteiger partial charge in [0.1, 0.15) is 18.2 Å². The van der Waals surface area contributed by atoms with E-state index in [-0.39, 0.29) is 18.5 Å². The van der Waals surface area contributed by atoms with Crippen molar-refractivity contribution < 1.29 is 9.13 Å². The molecule has 0 bridgehead atoms. The Morgan fingerprint density at radius 2 is 1.90 bits per heavy atom. The largest absolute Gasteiger partial charge is 0.492 e. The SMILES string of the molecule is NNC(COc1cccc(Cl)c1)Cc1cc(Cl)ccc1F. The minimum atomic E-state index is -0.317. The van der Waals surface area contributed by atoms with E-state index in [4.69, 9.17) is 33.8 Å². The molecule has 112 valence electrons. The number of benzene rings is 2. The summed E-state index contributed by atoms with van der Waals surface area (Å²) in [5.74, 6) is 5.81. The van der Waals surface area contributed by atoms with Gasteiger partial charge < -0.3 is 4.74 Å². The molecule has 0 aromatic heterocycles. The molecule has 2 rings (SSSR count). The molecule has 0 heterocycles. The first-order valence-corrected chi connectivity index (χ1v) is 7.12. The van der Waals surface area contributed by atoms with Gasteiger partial charge in [0.25, 0.3) is 0 Å². The maximum Gasteiger partial charge on any atom is 0.126 e. The zero-order valence-corrected chi connectivity index (χ0v) is 12.7. The van der Waals surface area contributed by atoms with Crippen molar-refractivity contribution in [1.82, 2.24) is 5.43 Å². The summed E-state index contributed by atoms with van der Waals surface area (Å²) in [6.07, 6.45) is 0.365. The second-order valence-corrected chi connectivity index (χ2v) is 5.44. The van der Waals surface area contributed by atoms with E-state index in [0.717, 1.165) is 0 Å². The van der Waals surface area contributed by atoms with Gasteiger partial charge >= 0.3 is 0 Å². The Balaban J connectivity index is 1.98. The highest BCUT2D eigenvalue weighted by molar-refractivity contribution is 6.30. The Bertz CT molecular complexity index is 610. The molecule has 0 aliphatic carbocycles. The lowest BCUT2D eigenvalue weighted by Crippen LogP contribution is -2.41. The molecule has 0 fully saturated rings. The van der Waals surface area contributed by atoms with E-state index >= 15 is 0 Å². The predicted molar refractivity (Wildman–Crippen MR) is 83.2 cm³/mol. The van der Waals surface area contributed by atoms with Crippen molar-refractivity contribution in [2.24, 2.45) is 5.84 Å². The standard InChI is InChI=1S/C15H15Cl2FN2O/c16-11-2-1-3-14(8-11)21-9-13(20-19)7-10-6-12(17)4-5-15(10)18/h1-6,8,13,20H,7,9,19H2. The number of nitrogens with two attached hydrogens (primary N) is 1. The fraction of sp³-hybridized carbons (Fsp3) is 0.200. The Labute approximate surface area is 132 Å². The van der Waals surface area contributed by atoms with E-state index in [9.17, 15) is 4.39 Å². The second-order valence-electron chi connectivity index (χ2n) is 4.57. The molecular formula is C15H15Cl2FN2O. The topological polar surface area (TPSA) is 47.3 Å². The summed E-state index contributed by atoms with van der Waals surface area (Å²) in [7, 11) is 0. The van der Waals surface area contributed by atoms with Crippen molar-refractivity contribution in [2.45, 2.75) is 12.5 Å². The first kappa shape index (κ1) is 16.0. The lowest BCUT2D eigenvalue weighted by atomic mass is 10.1. The van der Waals surface area contributed by atoms with Crippen LogP contribution in [0.15, 0.2) is 42.5 Å². The van der Waals surface area contributed by atoms with Crippen LogP contribution in [0.4, 0.5) is 4.39 Å².